The van der Waals surface area contributed by atoms with Gasteiger partial charge in [-0.3, -0.25) is 24.1 Å². The number of aliphatic hydroxyl groups is 1. The van der Waals surface area contributed by atoms with Gasteiger partial charge in [-0.15, -0.1) is 0 Å². The molecule has 0 rings (SSSR count). The Balaban J connectivity index is 5.14. The molecule has 0 aromatic heterocycles. The SMILES string of the molecule is CCCCCCCCCCCCCCCC(=O)OCC(COC(=O)CCCC(COC(=O)CCCCCCC)COC(=O)CCCCCCC)COC(=O)OCCN(CCO)C(CC)CC. The minimum absolute atomic E-state index is 0.00344. The van der Waals surface area contributed by atoms with Crippen molar-refractivity contribution in [3.05, 3.63) is 0 Å². The Labute approximate surface area is 402 Å². The molecule has 388 valence electrons. The lowest BCUT2D eigenvalue weighted by Gasteiger charge is -2.29. The first-order valence-corrected chi connectivity index (χ1v) is 26.9. The molecular weight excluding hydrogens is 843 g/mol. The number of hydrogen-bond donors (Lipinski definition) is 1. The molecule has 0 aromatic rings. The van der Waals surface area contributed by atoms with Crippen LogP contribution in [0, 0.1) is 11.8 Å². The molecule has 1 unspecified atom stereocenters. The quantitative estimate of drug-likeness (QED) is 0.0348. The monoisotopic (exact) mass is 942 g/mol. The number of rotatable bonds is 48. The van der Waals surface area contributed by atoms with Gasteiger partial charge in [0.1, 0.15) is 26.4 Å². The molecule has 13 heteroatoms. The average molecular weight is 942 g/mol. The molecule has 0 aliphatic rings. The van der Waals surface area contributed by atoms with Crippen molar-refractivity contribution < 1.29 is 57.5 Å². The summed E-state index contributed by atoms with van der Waals surface area (Å²) in [5.74, 6) is -2.24. The molecule has 0 radical (unpaired) electrons. The fraction of sp³-hybridized carbons (Fsp3) is 0.906. The molecule has 0 amide bonds. The molecule has 0 aliphatic heterocycles. The molecule has 0 saturated carbocycles. The Morgan fingerprint density at radius 2 is 0.727 bits per heavy atom. The molecular formula is C53H99NO12. The van der Waals surface area contributed by atoms with E-state index in [1.807, 2.05) is 0 Å². The van der Waals surface area contributed by atoms with Gasteiger partial charge in [-0.1, -0.05) is 163 Å². The number of hydrogen-bond acceptors (Lipinski definition) is 13. The molecule has 0 aromatic carbocycles. The lowest BCUT2D eigenvalue weighted by molar-refractivity contribution is -0.152. The second-order valence-electron chi connectivity index (χ2n) is 18.3. The van der Waals surface area contributed by atoms with E-state index in [0.717, 1.165) is 96.3 Å². The van der Waals surface area contributed by atoms with Gasteiger partial charge in [0.15, 0.2) is 0 Å². The summed E-state index contributed by atoms with van der Waals surface area (Å²) in [6.45, 7) is 11.5. The van der Waals surface area contributed by atoms with Gasteiger partial charge in [0, 0.05) is 50.7 Å². The van der Waals surface area contributed by atoms with Gasteiger partial charge in [0.25, 0.3) is 0 Å². The molecule has 0 spiro atoms. The van der Waals surface area contributed by atoms with Crippen molar-refractivity contribution in [1.82, 2.24) is 4.90 Å². The predicted octanol–water partition coefficient (Wildman–Crippen LogP) is 12.4. The van der Waals surface area contributed by atoms with Crippen LogP contribution in [0.1, 0.15) is 234 Å². The van der Waals surface area contributed by atoms with Crippen LogP contribution < -0.4 is 0 Å². The van der Waals surface area contributed by atoms with Crippen LogP contribution in [0.4, 0.5) is 4.79 Å². The highest BCUT2D eigenvalue weighted by molar-refractivity contribution is 5.70. The Morgan fingerprint density at radius 1 is 0.394 bits per heavy atom. The molecule has 0 heterocycles. The van der Waals surface area contributed by atoms with Crippen LogP contribution in [0.25, 0.3) is 0 Å². The summed E-state index contributed by atoms with van der Waals surface area (Å²) in [5, 5.41) is 9.51. The number of carbonyl (C=O) groups is 5. The average Bonchev–Trinajstić information content (AvgIpc) is 3.31. The second kappa shape index (κ2) is 47.1. The zero-order valence-electron chi connectivity index (χ0n) is 42.9. The number of nitrogens with zero attached hydrogens (tertiary/aromatic N) is 1. The summed E-state index contributed by atoms with van der Waals surface area (Å²) in [5.41, 5.74) is 0. The van der Waals surface area contributed by atoms with E-state index < -0.39 is 18.0 Å². The highest BCUT2D eigenvalue weighted by Crippen LogP contribution is 2.17. The molecule has 1 atom stereocenters. The molecule has 13 nitrogen and oxygen atoms in total. The van der Waals surface area contributed by atoms with E-state index in [2.05, 4.69) is 39.5 Å². The Kier molecular flexibility index (Phi) is 45.1. The predicted molar refractivity (Wildman–Crippen MR) is 262 cm³/mol. The van der Waals surface area contributed by atoms with Crippen LogP contribution in [0.3, 0.4) is 0 Å². The first-order chi connectivity index (χ1) is 32.1. The van der Waals surface area contributed by atoms with Crippen LogP contribution in [0.15, 0.2) is 0 Å². The van der Waals surface area contributed by atoms with Gasteiger partial charge in [-0.05, 0) is 44.9 Å². The zero-order valence-corrected chi connectivity index (χ0v) is 42.9. The van der Waals surface area contributed by atoms with Gasteiger partial charge in [-0.25, -0.2) is 4.79 Å². The van der Waals surface area contributed by atoms with Crippen molar-refractivity contribution in [1.29, 1.82) is 0 Å². The number of aliphatic hydroxyl groups excluding tert-OH is 1. The Bertz CT molecular complexity index is 1140. The van der Waals surface area contributed by atoms with Crippen LogP contribution in [0.5, 0.6) is 0 Å². The molecule has 0 saturated heterocycles. The van der Waals surface area contributed by atoms with Gasteiger partial charge >= 0.3 is 30.0 Å². The Hall–Kier alpha value is -2.93. The maximum Gasteiger partial charge on any atom is 0.508 e. The first-order valence-electron chi connectivity index (χ1n) is 26.9. The van der Waals surface area contributed by atoms with Crippen LogP contribution >= 0.6 is 0 Å². The molecule has 0 bridgehead atoms. The third kappa shape index (κ3) is 40.2. The number of esters is 4. The first kappa shape index (κ1) is 63.1. The van der Waals surface area contributed by atoms with Gasteiger partial charge < -0.3 is 33.5 Å². The number of ether oxygens (including phenoxy) is 6. The standard InChI is InChI=1S/C53H99NO12/c1-6-11-14-17-18-19-20-21-22-23-24-27-30-35-51(58)64-43-47(45-66-53(60)61-40-38-54(37-39-55)48(9-4)10-5)44-65-52(59)36-31-32-46(41-62-49(56)33-28-25-15-12-7-2)42-63-50(57)34-29-26-16-13-8-3/h46-48,55H,6-45H2,1-5H3. The van der Waals surface area contributed by atoms with Crippen molar-refractivity contribution in [2.75, 3.05) is 59.3 Å². The maximum absolute atomic E-state index is 13.0. The lowest BCUT2D eigenvalue weighted by atomic mass is 10.0. The molecule has 0 aliphatic carbocycles. The fourth-order valence-corrected chi connectivity index (χ4v) is 7.94. The normalized spacial score (nSPS) is 11.8. The molecule has 1 N–H and O–H groups in total. The van der Waals surface area contributed by atoms with Gasteiger partial charge in [0.2, 0.25) is 0 Å². The minimum Gasteiger partial charge on any atom is -0.465 e. The molecule has 0 fully saturated rings. The zero-order chi connectivity index (χ0) is 48.7. The van der Waals surface area contributed by atoms with Crippen LogP contribution in [-0.4, -0.2) is 105 Å². The summed E-state index contributed by atoms with van der Waals surface area (Å²) in [7, 11) is 0. The Morgan fingerprint density at radius 3 is 1.09 bits per heavy atom. The largest absolute Gasteiger partial charge is 0.508 e. The van der Waals surface area contributed by atoms with Crippen molar-refractivity contribution in [3.8, 4) is 0 Å². The number of unbranched alkanes of at least 4 members (excludes halogenated alkanes) is 20. The smallest absolute Gasteiger partial charge is 0.465 e. The van der Waals surface area contributed by atoms with E-state index in [4.69, 9.17) is 28.4 Å². The summed E-state index contributed by atoms with van der Waals surface area (Å²) in [6.07, 6.45) is 28.8. The second-order valence-corrected chi connectivity index (χ2v) is 18.3. The molecule has 66 heavy (non-hydrogen) atoms. The van der Waals surface area contributed by atoms with Crippen molar-refractivity contribution in [2.24, 2.45) is 11.8 Å². The van der Waals surface area contributed by atoms with Crippen LogP contribution in [-0.2, 0) is 47.6 Å². The van der Waals surface area contributed by atoms with Gasteiger partial charge in [0.05, 0.1) is 25.7 Å². The van der Waals surface area contributed by atoms with E-state index in [0.29, 0.717) is 38.8 Å². The number of carbonyl (C=O) groups excluding carboxylic acids is 5. The van der Waals surface area contributed by atoms with E-state index >= 15 is 0 Å². The topological polar surface area (TPSA) is 164 Å². The lowest BCUT2D eigenvalue weighted by Crippen LogP contribution is -2.39. The third-order valence-electron chi connectivity index (χ3n) is 12.2. The van der Waals surface area contributed by atoms with E-state index in [1.54, 1.807) is 0 Å². The summed E-state index contributed by atoms with van der Waals surface area (Å²) < 4.78 is 33.1. The fourth-order valence-electron chi connectivity index (χ4n) is 7.94. The summed E-state index contributed by atoms with van der Waals surface area (Å²) >= 11 is 0. The summed E-state index contributed by atoms with van der Waals surface area (Å²) in [6, 6.07) is 0.260. The van der Waals surface area contributed by atoms with E-state index in [9.17, 15) is 29.1 Å². The van der Waals surface area contributed by atoms with E-state index in [1.165, 1.54) is 64.2 Å². The minimum atomic E-state index is -0.876. The third-order valence-corrected chi connectivity index (χ3v) is 12.2. The van der Waals surface area contributed by atoms with Crippen LogP contribution in [0.2, 0.25) is 0 Å². The van der Waals surface area contributed by atoms with Crippen molar-refractivity contribution >= 4 is 30.0 Å². The highest BCUT2D eigenvalue weighted by atomic mass is 16.7. The highest BCUT2D eigenvalue weighted by Gasteiger charge is 2.21. The summed E-state index contributed by atoms with van der Waals surface area (Å²) in [4.78, 5) is 65.4. The van der Waals surface area contributed by atoms with E-state index in [-0.39, 0.29) is 89.0 Å². The maximum atomic E-state index is 13.0. The van der Waals surface area contributed by atoms with Crippen molar-refractivity contribution in [3.63, 3.8) is 0 Å². The van der Waals surface area contributed by atoms with Crippen molar-refractivity contribution in [2.45, 2.75) is 240 Å². The van der Waals surface area contributed by atoms with Gasteiger partial charge in [-0.2, -0.15) is 0 Å².